The predicted octanol–water partition coefficient (Wildman–Crippen LogP) is 4.35. The zero-order chi connectivity index (χ0) is 20.8. The Kier molecular flexibility index (Phi) is 4.16. The molecule has 0 atom stereocenters. The first kappa shape index (κ1) is 18.2. The van der Waals surface area contributed by atoms with Crippen molar-refractivity contribution in [3.8, 4) is 22.7 Å². The molecule has 30 heavy (non-hydrogen) atoms. The molecule has 5 aromatic rings. The van der Waals surface area contributed by atoms with Gasteiger partial charge in [0.2, 0.25) is 0 Å². The van der Waals surface area contributed by atoms with Crippen molar-refractivity contribution in [2.45, 2.75) is 20.5 Å². The molecule has 1 aromatic carbocycles. The molecule has 0 radical (unpaired) electrons. The van der Waals surface area contributed by atoms with E-state index in [1.807, 2.05) is 19.9 Å². The van der Waals surface area contributed by atoms with E-state index in [0.29, 0.717) is 17.0 Å². The number of hydrogen-bond donors (Lipinski definition) is 0. The molecule has 0 bridgehead atoms. The summed E-state index contributed by atoms with van der Waals surface area (Å²) in [6, 6.07) is 8.66. The quantitative estimate of drug-likeness (QED) is 0.444. The van der Waals surface area contributed by atoms with Crippen LogP contribution in [-0.2, 0) is 0 Å². The van der Waals surface area contributed by atoms with Crippen LogP contribution in [0.2, 0.25) is 0 Å². The Bertz CT molecular complexity index is 1390. The molecule has 0 aliphatic heterocycles. The Morgan fingerprint density at radius 2 is 1.93 bits per heavy atom. The van der Waals surface area contributed by atoms with Crippen LogP contribution in [0.1, 0.15) is 11.3 Å². The van der Waals surface area contributed by atoms with Crippen LogP contribution in [0.3, 0.4) is 0 Å². The third-order valence-electron chi connectivity index (χ3n) is 4.86. The number of aryl methyl sites for hydroxylation is 2. The Labute approximate surface area is 169 Å². The lowest BCUT2D eigenvalue weighted by molar-refractivity contribution is -0.0498. The van der Waals surface area contributed by atoms with Crippen molar-refractivity contribution in [3.63, 3.8) is 0 Å². The Hall–Kier alpha value is -3.88. The minimum absolute atomic E-state index is 0.0519. The highest BCUT2D eigenvalue weighted by atomic mass is 19.3. The minimum atomic E-state index is -2.93. The SMILES string of the molecule is Cc1ccc(OC(F)F)c(-n2nc(C)c3cnc(-c4cnn5cccnc45)cc32)c1. The van der Waals surface area contributed by atoms with Gasteiger partial charge in [-0.15, -0.1) is 0 Å². The second-order valence-corrected chi connectivity index (χ2v) is 6.88. The standard InChI is InChI=1S/C21H16F2N6O/c1-12-4-5-19(30-21(22)23)18(8-12)29-17-9-16(25-10-14(17)13(2)27-29)15-11-26-28-7-3-6-24-20(15)28/h3-11,21H,1-2H3. The van der Waals surface area contributed by atoms with Gasteiger partial charge in [-0.25, -0.2) is 14.2 Å². The van der Waals surface area contributed by atoms with Gasteiger partial charge in [-0.3, -0.25) is 4.98 Å². The van der Waals surface area contributed by atoms with Gasteiger partial charge in [0.05, 0.1) is 28.7 Å². The van der Waals surface area contributed by atoms with Crippen molar-refractivity contribution in [1.29, 1.82) is 0 Å². The number of halogens is 2. The van der Waals surface area contributed by atoms with Gasteiger partial charge in [0.25, 0.3) is 0 Å². The molecule has 0 fully saturated rings. The maximum Gasteiger partial charge on any atom is 0.387 e. The molecule has 5 rings (SSSR count). The summed E-state index contributed by atoms with van der Waals surface area (Å²) >= 11 is 0. The van der Waals surface area contributed by atoms with E-state index in [0.717, 1.165) is 27.7 Å². The largest absolute Gasteiger partial charge is 0.433 e. The smallest absolute Gasteiger partial charge is 0.387 e. The zero-order valence-corrected chi connectivity index (χ0v) is 16.1. The Morgan fingerprint density at radius 3 is 2.77 bits per heavy atom. The zero-order valence-electron chi connectivity index (χ0n) is 16.1. The first-order valence-corrected chi connectivity index (χ1v) is 9.21. The Morgan fingerprint density at radius 1 is 1.07 bits per heavy atom. The summed E-state index contributed by atoms with van der Waals surface area (Å²) < 4.78 is 33.9. The van der Waals surface area contributed by atoms with E-state index in [2.05, 4.69) is 20.2 Å². The molecule has 0 amide bonds. The molecule has 0 aliphatic carbocycles. The van der Waals surface area contributed by atoms with Crippen LogP contribution in [0, 0.1) is 13.8 Å². The van der Waals surface area contributed by atoms with Gasteiger partial charge in [-0.05, 0) is 43.7 Å². The highest BCUT2D eigenvalue weighted by molar-refractivity contribution is 5.88. The third kappa shape index (κ3) is 2.95. The first-order valence-electron chi connectivity index (χ1n) is 9.21. The fraction of sp³-hybridized carbons (Fsp3) is 0.143. The third-order valence-corrected chi connectivity index (χ3v) is 4.86. The van der Waals surface area contributed by atoms with Crippen LogP contribution in [0.4, 0.5) is 8.78 Å². The van der Waals surface area contributed by atoms with Crippen LogP contribution in [-0.4, -0.2) is 36.0 Å². The molecule has 0 saturated carbocycles. The summed E-state index contributed by atoms with van der Waals surface area (Å²) in [6.45, 7) is 0.795. The minimum Gasteiger partial charge on any atom is -0.433 e. The first-order chi connectivity index (χ1) is 14.5. The van der Waals surface area contributed by atoms with Gasteiger partial charge in [0, 0.05) is 24.0 Å². The lowest BCUT2D eigenvalue weighted by Crippen LogP contribution is -2.07. The molecule has 0 N–H and O–H groups in total. The second kappa shape index (κ2) is 6.87. The lowest BCUT2D eigenvalue weighted by Gasteiger charge is -2.12. The van der Waals surface area contributed by atoms with Gasteiger partial charge in [-0.1, -0.05) is 6.07 Å². The molecule has 4 heterocycles. The van der Waals surface area contributed by atoms with Crippen molar-refractivity contribution in [3.05, 3.63) is 66.4 Å². The highest BCUT2D eigenvalue weighted by Gasteiger charge is 2.18. The molecule has 0 saturated heterocycles. The number of benzene rings is 1. The van der Waals surface area contributed by atoms with E-state index >= 15 is 0 Å². The molecule has 4 aromatic heterocycles. The van der Waals surface area contributed by atoms with Gasteiger partial charge >= 0.3 is 6.61 Å². The van der Waals surface area contributed by atoms with Crippen LogP contribution in [0.5, 0.6) is 5.75 Å². The monoisotopic (exact) mass is 406 g/mol. The molecule has 150 valence electrons. The number of pyridine rings is 1. The van der Waals surface area contributed by atoms with E-state index in [4.69, 9.17) is 4.74 Å². The fourth-order valence-corrected chi connectivity index (χ4v) is 3.48. The maximum atomic E-state index is 13.0. The number of aromatic nitrogens is 6. The van der Waals surface area contributed by atoms with Crippen LogP contribution >= 0.6 is 0 Å². The van der Waals surface area contributed by atoms with Crippen LogP contribution < -0.4 is 4.74 Å². The summed E-state index contributed by atoms with van der Waals surface area (Å²) in [5.41, 5.74) is 4.86. The summed E-state index contributed by atoms with van der Waals surface area (Å²) in [5.74, 6) is 0.0519. The van der Waals surface area contributed by atoms with Gasteiger partial charge in [0.1, 0.15) is 5.69 Å². The van der Waals surface area contributed by atoms with Crippen molar-refractivity contribution >= 4 is 16.6 Å². The molecule has 7 nitrogen and oxygen atoms in total. The van der Waals surface area contributed by atoms with E-state index in [9.17, 15) is 8.78 Å². The number of fused-ring (bicyclic) bond motifs is 2. The molecule has 0 unspecified atom stereocenters. The maximum absolute atomic E-state index is 13.0. The topological polar surface area (TPSA) is 70.1 Å². The summed E-state index contributed by atoms with van der Waals surface area (Å²) in [7, 11) is 0. The van der Waals surface area contributed by atoms with Gasteiger partial charge in [0.15, 0.2) is 11.4 Å². The molecule has 9 heteroatoms. The lowest BCUT2D eigenvalue weighted by atomic mass is 10.1. The predicted molar refractivity (Wildman–Crippen MR) is 107 cm³/mol. The molecule has 0 aliphatic rings. The van der Waals surface area contributed by atoms with Crippen LogP contribution in [0.25, 0.3) is 33.5 Å². The summed E-state index contributed by atoms with van der Waals surface area (Å²) in [4.78, 5) is 8.93. The highest BCUT2D eigenvalue weighted by Crippen LogP contribution is 2.32. The van der Waals surface area contributed by atoms with Gasteiger partial charge in [-0.2, -0.15) is 19.0 Å². The molecular formula is C21H16F2N6O. The van der Waals surface area contributed by atoms with E-state index in [-0.39, 0.29) is 5.75 Å². The van der Waals surface area contributed by atoms with Crippen molar-refractivity contribution < 1.29 is 13.5 Å². The molecule has 0 spiro atoms. The molecular weight excluding hydrogens is 390 g/mol. The number of nitrogens with zero attached hydrogens (tertiary/aromatic N) is 6. The van der Waals surface area contributed by atoms with E-state index < -0.39 is 6.61 Å². The van der Waals surface area contributed by atoms with Crippen molar-refractivity contribution in [2.75, 3.05) is 0 Å². The number of rotatable bonds is 4. The number of hydrogen-bond acceptors (Lipinski definition) is 5. The normalized spacial score (nSPS) is 11.6. The fourth-order valence-electron chi connectivity index (χ4n) is 3.48. The van der Waals surface area contributed by atoms with Crippen molar-refractivity contribution in [1.82, 2.24) is 29.4 Å². The Balaban J connectivity index is 1.73. The van der Waals surface area contributed by atoms with E-state index in [1.165, 1.54) is 6.07 Å². The van der Waals surface area contributed by atoms with Crippen LogP contribution in [0.15, 0.2) is 55.1 Å². The summed E-state index contributed by atoms with van der Waals surface area (Å²) in [6.07, 6.45) is 6.91. The number of alkyl halides is 2. The van der Waals surface area contributed by atoms with Crippen molar-refractivity contribution in [2.24, 2.45) is 0 Å². The second-order valence-electron chi connectivity index (χ2n) is 6.88. The number of ether oxygens (including phenoxy) is 1. The summed E-state index contributed by atoms with van der Waals surface area (Å²) in [5, 5.41) is 9.69. The van der Waals surface area contributed by atoms with Gasteiger partial charge < -0.3 is 4.74 Å². The average Bonchev–Trinajstić information content (AvgIpc) is 3.30. The van der Waals surface area contributed by atoms with E-state index in [1.54, 1.807) is 52.2 Å². The average molecular weight is 406 g/mol.